The third-order valence-corrected chi connectivity index (χ3v) is 3.78. The van der Waals surface area contributed by atoms with E-state index in [0.717, 1.165) is 12.8 Å². The molecule has 0 unspecified atom stereocenters. The molecule has 0 aliphatic heterocycles. The lowest BCUT2D eigenvalue weighted by Gasteiger charge is -2.34. The van der Waals surface area contributed by atoms with Crippen molar-refractivity contribution in [2.75, 3.05) is 0 Å². The second-order valence-corrected chi connectivity index (χ2v) is 5.34. The second kappa shape index (κ2) is 5.40. The van der Waals surface area contributed by atoms with Gasteiger partial charge in [0, 0.05) is 5.56 Å². The molecule has 0 bridgehead atoms. The highest BCUT2D eigenvalue weighted by Gasteiger charge is 2.35. The summed E-state index contributed by atoms with van der Waals surface area (Å²) in [5.74, 6) is -0.237. The number of carbonyl (C=O) groups excluding carboxylic acids is 1. The molecule has 1 aliphatic rings. The van der Waals surface area contributed by atoms with E-state index in [9.17, 15) is 14.4 Å². The number of halogens is 1. The van der Waals surface area contributed by atoms with E-state index >= 15 is 0 Å². The van der Waals surface area contributed by atoms with E-state index in [0.29, 0.717) is 18.8 Å². The van der Waals surface area contributed by atoms with Crippen molar-refractivity contribution in [3.05, 3.63) is 35.6 Å². The van der Waals surface area contributed by atoms with Crippen LogP contribution in [0.3, 0.4) is 0 Å². The van der Waals surface area contributed by atoms with Crippen LogP contribution in [0, 0.1) is 23.1 Å². The first kappa shape index (κ1) is 13.5. The number of nitriles is 1. The number of hydrogen-bond donors (Lipinski definition) is 1. The van der Waals surface area contributed by atoms with Crippen molar-refractivity contribution in [1.29, 1.82) is 5.26 Å². The molecule has 1 fully saturated rings. The Morgan fingerprint density at radius 2 is 2.16 bits per heavy atom. The van der Waals surface area contributed by atoms with Crippen LogP contribution < -0.4 is 5.32 Å². The summed E-state index contributed by atoms with van der Waals surface area (Å²) in [4.78, 5) is 12.1. The second-order valence-electron chi connectivity index (χ2n) is 5.34. The van der Waals surface area contributed by atoms with Crippen molar-refractivity contribution in [1.82, 2.24) is 5.32 Å². The van der Waals surface area contributed by atoms with Crippen LogP contribution in [0.4, 0.5) is 4.39 Å². The number of hydrogen-bond acceptors (Lipinski definition) is 2. The predicted molar refractivity (Wildman–Crippen MR) is 69.8 cm³/mol. The summed E-state index contributed by atoms with van der Waals surface area (Å²) in [5.41, 5.74) is -0.538. The molecule has 19 heavy (non-hydrogen) atoms. The van der Waals surface area contributed by atoms with Gasteiger partial charge in [-0.15, -0.1) is 0 Å². The normalized spacial score (nSPS) is 26.5. The van der Waals surface area contributed by atoms with E-state index in [1.165, 1.54) is 18.2 Å². The summed E-state index contributed by atoms with van der Waals surface area (Å²) < 4.78 is 13.1. The van der Waals surface area contributed by atoms with Crippen LogP contribution in [0.15, 0.2) is 24.3 Å². The van der Waals surface area contributed by atoms with Gasteiger partial charge in [0.1, 0.15) is 11.4 Å². The van der Waals surface area contributed by atoms with Crippen LogP contribution in [0.1, 0.15) is 43.0 Å². The summed E-state index contributed by atoms with van der Waals surface area (Å²) in [6, 6.07) is 7.75. The molecule has 0 atom stereocenters. The maximum atomic E-state index is 13.1. The zero-order valence-electron chi connectivity index (χ0n) is 10.9. The van der Waals surface area contributed by atoms with Crippen molar-refractivity contribution < 1.29 is 9.18 Å². The van der Waals surface area contributed by atoms with Gasteiger partial charge in [-0.05, 0) is 49.8 Å². The number of nitrogens with zero attached hydrogens (tertiary/aromatic N) is 1. The van der Waals surface area contributed by atoms with Gasteiger partial charge in [0.05, 0.1) is 6.07 Å². The topological polar surface area (TPSA) is 52.9 Å². The molecule has 2 rings (SSSR count). The van der Waals surface area contributed by atoms with Crippen LogP contribution in [-0.4, -0.2) is 11.4 Å². The smallest absolute Gasteiger partial charge is 0.252 e. The average Bonchev–Trinajstić information content (AvgIpc) is 2.42. The highest BCUT2D eigenvalue weighted by molar-refractivity contribution is 5.94. The van der Waals surface area contributed by atoms with Gasteiger partial charge in [-0.25, -0.2) is 4.39 Å². The number of nitrogens with one attached hydrogen (secondary N) is 1. The van der Waals surface area contributed by atoms with Crippen molar-refractivity contribution >= 4 is 5.91 Å². The van der Waals surface area contributed by atoms with Gasteiger partial charge >= 0.3 is 0 Å². The van der Waals surface area contributed by atoms with Crippen molar-refractivity contribution in [2.24, 2.45) is 5.92 Å². The van der Waals surface area contributed by atoms with Crippen molar-refractivity contribution in [2.45, 2.75) is 38.1 Å². The van der Waals surface area contributed by atoms with E-state index in [1.54, 1.807) is 6.07 Å². The summed E-state index contributed by atoms with van der Waals surface area (Å²) in [5, 5.41) is 12.1. The summed E-state index contributed by atoms with van der Waals surface area (Å²) in [6.45, 7) is 2.15. The van der Waals surface area contributed by atoms with Gasteiger partial charge < -0.3 is 5.32 Å². The molecule has 0 saturated heterocycles. The third-order valence-electron chi connectivity index (χ3n) is 3.78. The van der Waals surface area contributed by atoms with Crippen LogP contribution in [0.2, 0.25) is 0 Å². The van der Waals surface area contributed by atoms with Gasteiger partial charge in [0.2, 0.25) is 0 Å². The predicted octanol–water partition coefficient (Wildman–Crippen LogP) is 3.03. The minimum Gasteiger partial charge on any atom is -0.334 e. The summed E-state index contributed by atoms with van der Waals surface area (Å²) in [7, 11) is 0. The molecule has 1 N–H and O–H groups in total. The Kier molecular flexibility index (Phi) is 3.84. The lowest BCUT2D eigenvalue weighted by atomic mass is 9.78. The zero-order chi connectivity index (χ0) is 13.9. The standard InChI is InChI=1S/C15H17FN2O/c1-11-5-7-15(10-17,8-6-11)18-14(19)12-3-2-4-13(16)9-12/h2-4,9,11H,5-8H2,1H3,(H,18,19). The van der Waals surface area contributed by atoms with Gasteiger partial charge in [-0.2, -0.15) is 5.26 Å². The van der Waals surface area contributed by atoms with Gasteiger partial charge in [0.15, 0.2) is 0 Å². The molecule has 4 heteroatoms. The molecule has 1 aromatic carbocycles. The molecule has 1 aromatic rings. The van der Waals surface area contributed by atoms with E-state index in [2.05, 4.69) is 18.3 Å². The molecule has 0 heterocycles. The number of benzene rings is 1. The first-order valence-electron chi connectivity index (χ1n) is 6.54. The van der Waals surface area contributed by atoms with Crippen LogP contribution in [0.5, 0.6) is 0 Å². The lowest BCUT2D eigenvalue weighted by molar-refractivity contribution is 0.0893. The molecule has 0 radical (unpaired) electrons. The average molecular weight is 260 g/mol. The zero-order valence-corrected chi connectivity index (χ0v) is 10.9. The van der Waals surface area contributed by atoms with Crippen LogP contribution in [-0.2, 0) is 0 Å². The van der Waals surface area contributed by atoms with Crippen LogP contribution in [0.25, 0.3) is 0 Å². The number of rotatable bonds is 2. The minimum atomic E-state index is -0.796. The molecule has 0 aromatic heterocycles. The number of amides is 1. The Labute approximate surface area is 112 Å². The molecule has 1 saturated carbocycles. The quantitative estimate of drug-likeness (QED) is 0.888. The molecular weight excluding hydrogens is 243 g/mol. The van der Waals surface area contributed by atoms with E-state index in [-0.39, 0.29) is 11.5 Å². The summed E-state index contributed by atoms with van der Waals surface area (Å²) in [6.07, 6.45) is 3.17. The molecule has 1 amide bonds. The molecule has 0 spiro atoms. The Hall–Kier alpha value is -1.89. The minimum absolute atomic E-state index is 0.258. The van der Waals surface area contributed by atoms with E-state index < -0.39 is 11.4 Å². The third kappa shape index (κ3) is 3.11. The van der Waals surface area contributed by atoms with Crippen molar-refractivity contribution in [3.63, 3.8) is 0 Å². The largest absolute Gasteiger partial charge is 0.334 e. The summed E-state index contributed by atoms with van der Waals surface area (Å²) >= 11 is 0. The van der Waals surface area contributed by atoms with Crippen molar-refractivity contribution in [3.8, 4) is 6.07 Å². The first-order chi connectivity index (χ1) is 9.04. The maximum Gasteiger partial charge on any atom is 0.252 e. The van der Waals surface area contributed by atoms with E-state index in [4.69, 9.17) is 0 Å². The highest BCUT2D eigenvalue weighted by Crippen LogP contribution is 2.31. The molecular formula is C15H17FN2O. The maximum absolute atomic E-state index is 13.1. The Bertz CT molecular complexity index is 513. The number of carbonyl (C=O) groups is 1. The fourth-order valence-electron chi connectivity index (χ4n) is 2.44. The fourth-order valence-corrected chi connectivity index (χ4v) is 2.44. The Morgan fingerprint density at radius 1 is 1.47 bits per heavy atom. The van der Waals surface area contributed by atoms with Gasteiger partial charge in [-0.1, -0.05) is 13.0 Å². The van der Waals surface area contributed by atoms with Gasteiger partial charge in [-0.3, -0.25) is 4.79 Å². The SMILES string of the molecule is CC1CCC(C#N)(NC(=O)c2cccc(F)c2)CC1. The monoisotopic (exact) mass is 260 g/mol. The lowest BCUT2D eigenvalue weighted by Crippen LogP contribution is -2.49. The molecule has 1 aliphatic carbocycles. The Morgan fingerprint density at radius 3 is 2.74 bits per heavy atom. The molecule has 100 valence electrons. The first-order valence-corrected chi connectivity index (χ1v) is 6.54. The Balaban J connectivity index is 2.11. The highest BCUT2D eigenvalue weighted by atomic mass is 19.1. The molecule has 3 nitrogen and oxygen atoms in total. The fraction of sp³-hybridized carbons (Fsp3) is 0.467. The van der Waals surface area contributed by atoms with Gasteiger partial charge in [0.25, 0.3) is 5.91 Å². The van der Waals surface area contributed by atoms with Crippen LogP contribution >= 0.6 is 0 Å². The van der Waals surface area contributed by atoms with E-state index in [1.807, 2.05) is 0 Å².